The van der Waals surface area contributed by atoms with Gasteiger partial charge in [-0.1, -0.05) is 53.6 Å². The van der Waals surface area contributed by atoms with Gasteiger partial charge in [0.15, 0.2) is 0 Å². The van der Waals surface area contributed by atoms with Crippen LogP contribution < -0.4 is 10.1 Å². The van der Waals surface area contributed by atoms with Crippen molar-refractivity contribution in [3.63, 3.8) is 0 Å². The molecule has 8 heteroatoms. The van der Waals surface area contributed by atoms with E-state index in [2.05, 4.69) is 11.4 Å². The first-order valence-electron chi connectivity index (χ1n) is 10.5. The minimum absolute atomic E-state index is 0.262. The molecule has 1 heterocycles. The number of amides is 3. The highest BCUT2D eigenvalue weighted by Gasteiger charge is 2.36. The SMILES string of the molecule is Cc1cccc(COc2ccc(/C=C3/SC(=O)N(CC(=O)Nc4ccc(Cl)cc4)C3=O)cc2)c1. The molecule has 34 heavy (non-hydrogen) atoms. The number of nitrogens with zero attached hydrogens (tertiary/aromatic N) is 1. The highest BCUT2D eigenvalue weighted by Crippen LogP contribution is 2.32. The van der Waals surface area contributed by atoms with Crippen LogP contribution in [0.3, 0.4) is 0 Å². The Morgan fingerprint density at radius 1 is 1.06 bits per heavy atom. The molecule has 0 bridgehead atoms. The number of hydrogen-bond donors (Lipinski definition) is 1. The third-order valence-electron chi connectivity index (χ3n) is 4.97. The van der Waals surface area contributed by atoms with Crippen molar-refractivity contribution in [3.8, 4) is 5.75 Å². The molecule has 1 N–H and O–H groups in total. The van der Waals surface area contributed by atoms with Crippen molar-refractivity contribution in [1.29, 1.82) is 0 Å². The van der Waals surface area contributed by atoms with Crippen molar-refractivity contribution in [3.05, 3.63) is 99.4 Å². The molecule has 3 aromatic carbocycles. The standard InChI is InChI=1S/C26H21ClN2O4S/c1-17-3-2-4-19(13-17)16-33-22-11-5-18(6-12-22)14-23-25(31)29(26(32)34-23)15-24(30)28-21-9-7-20(27)8-10-21/h2-14H,15-16H2,1H3,(H,28,30)/b23-14+. The Hall–Kier alpha value is -3.55. The number of imide groups is 1. The molecule has 0 unspecified atom stereocenters. The Morgan fingerprint density at radius 3 is 2.50 bits per heavy atom. The lowest BCUT2D eigenvalue weighted by molar-refractivity contribution is -0.127. The van der Waals surface area contributed by atoms with Gasteiger partial charge in [-0.3, -0.25) is 19.3 Å². The number of carbonyl (C=O) groups is 3. The van der Waals surface area contributed by atoms with E-state index in [1.54, 1.807) is 30.3 Å². The average molecular weight is 493 g/mol. The number of nitrogens with one attached hydrogen (secondary N) is 1. The highest BCUT2D eigenvalue weighted by atomic mass is 35.5. The van der Waals surface area contributed by atoms with Crippen LogP contribution in [-0.4, -0.2) is 28.5 Å². The van der Waals surface area contributed by atoms with Crippen LogP contribution in [0.25, 0.3) is 6.08 Å². The highest BCUT2D eigenvalue weighted by molar-refractivity contribution is 8.18. The van der Waals surface area contributed by atoms with Gasteiger partial charge in [-0.15, -0.1) is 0 Å². The van der Waals surface area contributed by atoms with Gasteiger partial charge in [-0.25, -0.2) is 0 Å². The fourth-order valence-corrected chi connectivity index (χ4v) is 4.26. The van der Waals surface area contributed by atoms with Crippen LogP contribution in [0.1, 0.15) is 16.7 Å². The number of hydrogen-bond acceptors (Lipinski definition) is 5. The molecule has 0 aliphatic carbocycles. The van der Waals surface area contributed by atoms with Gasteiger partial charge in [-0.2, -0.15) is 0 Å². The zero-order chi connectivity index (χ0) is 24.1. The average Bonchev–Trinajstić information content (AvgIpc) is 3.07. The van der Waals surface area contributed by atoms with Crippen LogP contribution in [0.2, 0.25) is 5.02 Å². The van der Waals surface area contributed by atoms with Crippen LogP contribution in [0.4, 0.5) is 10.5 Å². The lowest BCUT2D eigenvalue weighted by Gasteiger charge is -2.12. The number of carbonyl (C=O) groups excluding carboxylic acids is 3. The Labute approximate surface area is 206 Å². The molecule has 0 aromatic heterocycles. The van der Waals surface area contributed by atoms with Gasteiger partial charge in [0.1, 0.15) is 18.9 Å². The molecule has 0 saturated carbocycles. The number of anilines is 1. The van der Waals surface area contributed by atoms with Crippen LogP contribution in [0.5, 0.6) is 5.75 Å². The normalized spacial score (nSPS) is 14.5. The first-order valence-corrected chi connectivity index (χ1v) is 11.7. The lowest BCUT2D eigenvalue weighted by Crippen LogP contribution is -2.36. The van der Waals surface area contributed by atoms with E-state index in [1.165, 1.54) is 5.56 Å². The summed E-state index contributed by atoms with van der Waals surface area (Å²) in [4.78, 5) is 38.5. The molecule has 0 spiro atoms. The molecule has 0 atom stereocenters. The summed E-state index contributed by atoms with van der Waals surface area (Å²) in [5.41, 5.74) is 3.53. The number of benzene rings is 3. The molecule has 1 fully saturated rings. The topological polar surface area (TPSA) is 75.7 Å². The summed E-state index contributed by atoms with van der Waals surface area (Å²) in [5, 5.41) is 2.70. The van der Waals surface area contributed by atoms with E-state index in [-0.39, 0.29) is 11.4 Å². The number of halogens is 1. The zero-order valence-electron chi connectivity index (χ0n) is 18.3. The molecule has 1 aliphatic heterocycles. The third kappa shape index (κ3) is 6.07. The molecule has 3 amide bonds. The number of aryl methyl sites for hydroxylation is 1. The van der Waals surface area contributed by atoms with Crippen LogP contribution >= 0.6 is 23.4 Å². The quantitative estimate of drug-likeness (QED) is 0.415. The number of ether oxygens (including phenoxy) is 1. The summed E-state index contributed by atoms with van der Waals surface area (Å²) in [6.45, 7) is 2.13. The van der Waals surface area contributed by atoms with Gasteiger partial charge in [0, 0.05) is 10.7 Å². The molecule has 1 aliphatic rings. The maximum atomic E-state index is 12.7. The largest absolute Gasteiger partial charge is 0.489 e. The fraction of sp³-hybridized carbons (Fsp3) is 0.115. The predicted molar refractivity (Wildman–Crippen MR) is 135 cm³/mol. The zero-order valence-corrected chi connectivity index (χ0v) is 19.9. The minimum atomic E-state index is -0.499. The Balaban J connectivity index is 1.35. The van der Waals surface area contributed by atoms with Gasteiger partial charge < -0.3 is 10.1 Å². The maximum Gasteiger partial charge on any atom is 0.294 e. The second-order valence-electron chi connectivity index (χ2n) is 7.67. The van der Waals surface area contributed by atoms with E-state index in [9.17, 15) is 14.4 Å². The van der Waals surface area contributed by atoms with E-state index in [0.29, 0.717) is 23.1 Å². The Kier molecular flexibility index (Phi) is 7.35. The summed E-state index contributed by atoms with van der Waals surface area (Å²) in [6.07, 6.45) is 1.63. The van der Waals surface area contributed by atoms with Crippen molar-refractivity contribution < 1.29 is 19.1 Å². The van der Waals surface area contributed by atoms with Crippen LogP contribution in [0, 0.1) is 6.92 Å². The molecular weight excluding hydrogens is 472 g/mol. The summed E-state index contributed by atoms with van der Waals surface area (Å²) < 4.78 is 5.82. The van der Waals surface area contributed by atoms with Crippen molar-refractivity contribution in [1.82, 2.24) is 4.90 Å². The molecule has 1 saturated heterocycles. The molecule has 0 radical (unpaired) electrons. The lowest BCUT2D eigenvalue weighted by atomic mass is 10.1. The van der Waals surface area contributed by atoms with Gasteiger partial charge in [-0.05, 0) is 72.3 Å². The second-order valence-corrected chi connectivity index (χ2v) is 9.10. The van der Waals surface area contributed by atoms with E-state index in [0.717, 1.165) is 27.8 Å². The maximum absolute atomic E-state index is 12.7. The Bertz CT molecular complexity index is 1260. The third-order valence-corrected chi connectivity index (χ3v) is 6.13. The summed E-state index contributed by atoms with van der Waals surface area (Å²) in [5.74, 6) is -0.271. The number of thioether (sulfide) groups is 1. The monoisotopic (exact) mass is 492 g/mol. The minimum Gasteiger partial charge on any atom is -0.489 e. The smallest absolute Gasteiger partial charge is 0.294 e. The van der Waals surface area contributed by atoms with E-state index in [1.807, 2.05) is 49.4 Å². The van der Waals surface area contributed by atoms with Gasteiger partial charge in [0.05, 0.1) is 4.91 Å². The van der Waals surface area contributed by atoms with E-state index < -0.39 is 17.1 Å². The summed E-state index contributed by atoms with van der Waals surface area (Å²) >= 11 is 6.64. The second kappa shape index (κ2) is 10.6. The first kappa shape index (κ1) is 23.6. The van der Waals surface area contributed by atoms with Crippen molar-refractivity contribution in [2.75, 3.05) is 11.9 Å². The van der Waals surface area contributed by atoms with E-state index in [4.69, 9.17) is 16.3 Å². The molecular formula is C26H21ClN2O4S. The summed E-state index contributed by atoms with van der Waals surface area (Å²) in [6, 6.07) is 21.9. The molecule has 172 valence electrons. The van der Waals surface area contributed by atoms with Crippen LogP contribution in [0.15, 0.2) is 77.7 Å². The molecule has 6 nitrogen and oxygen atoms in total. The molecule has 3 aromatic rings. The molecule has 4 rings (SSSR count). The predicted octanol–water partition coefficient (Wildman–Crippen LogP) is 5.90. The summed E-state index contributed by atoms with van der Waals surface area (Å²) in [7, 11) is 0. The Morgan fingerprint density at radius 2 is 1.79 bits per heavy atom. The number of rotatable bonds is 7. The van der Waals surface area contributed by atoms with Gasteiger partial charge in [0.25, 0.3) is 11.1 Å². The van der Waals surface area contributed by atoms with Crippen molar-refractivity contribution in [2.45, 2.75) is 13.5 Å². The first-order chi connectivity index (χ1) is 16.4. The fourth-order valence-electron chi connectivity index (χ4n) is 3.29. The van der Waals surface area contributed by atoms with Gasteiger partial charge in [0.2, 0.25) is 5.91 Å². The van der Waals surface area contributed by atoms with E-state index >= 15 is 0 Å². The van der Waals surface area contributed by atoms with Crippen LogP contribution in [-0.2, 0) is 16.2 Å². The van der Waals surface area contributed by atoms with Crippen molar-refractivity contribution >= 4 is 52.2 Å². The van der Waals surface area contributed by atoms with Gasteiger partial charge >= 0.3 is 0 Å². The van der Waals surface area contributed by atoms with Crippen molar-refractivity contribution in [2.24, 2.45) is 0 Å².